The van der Waals surface area contributed by atoms with Gasteiger partial charge in [0.15, 0.2) is 11.5 Å². The molecule has 0 radical (unpaired) electrons. The van der Waals surface area contributed by atoms with Crippen LogP contribution in [-0.4, -0.2) is 67.6 Å². The number of fused-ring (bicyclic) bond motifs is 1. The van der Waals surface area contributed by atoms with Crippen LogP contribution in [-0.2, 0) is 6.42 Å². The summed E-state index contributed by atoms with van der Waals surface area (Å²) in [5.74, 6) is 1.83. The minimum absolute atomic E-state index is 0.0168. The molecule has 9 heteroatoms. The molecule has 1 aromatic rings. The van der Waals surface area contributed by atoms with E-state index in [1.54, 1.807) is 0 Å². The summed E-state index contributed by atoms with van der Waals surface area (Å²) in [6.45, 7) is 23.1. The number of ether oxygens (including phenoxy) is 1. The van der Waals surface area contributed by atoms with Crippen LogP contribution in [0, 0.1) is 0 Å². The van der Waals surface area contributed by atoms with Gasteiger partial charge in [0.1, 0.15) is 30.2 Å². The Hall–Kier alpha value is -1.11. The first-order valence-corrected chi connectivity index (χ1v) is 17.9. The van der Waals surface area contributed by atoms with Gasteiger partial charge >= 0.3 is 0 Å². The molecule has 0 spiro atoms. The lowest BCUT2D eigenvalue weighted by Crippen LogP contribution is -2.49. The fourth-order valence-electron chi connectivity index (χ4n) is 3.24. The van der Waals surface area contributed by atoms with Crippen molar-refractivity contribution in [1.29, 1.82) is 0 Å². The maximum absolute atomic E-state index is 10.7. The van der Waals surface area contributed by atoms with Crippen molar-refractivity contribution in [3.8, 4) is 17.2 Å². The Kier molecular flexibility index (Phi) is 8.35. The van der Waals surface area contributed by atoms with Crippen LogP contribution in [0.2, 0.25) is 36.3 Å². The van der Waals surface area contributed by atoms with Crippen molar-refractivity contribution in [2.75, 3.05) is 0 Å². The van der Waals surface area contributed by atoms with Gasteiger partial charge in [-0.15, -0.1) is 0 Å². The van der Waals surface area contributed by atoms with E-state index in [9.17, 15) is 20.4 Å². The standard InChI is InChI=1S/C25H46O7Si2/c1-15(26)20(27)22(29)21(28)18-13-16-12-17(31-33(8,9)24(2,3)4)14-19(23(16)30-18)32-34(10,11)25(5,6)7/h12,14-15,18,20-22,26-29H,13H2,1-11H3. The van der Waals surface area contributed by atoms with Crippen molar-refractivity contribution in [1.82, 2.24) is 0 Å². The van der Waals surface area contributed by atoms with Crippen molar-refractivity contribution in [2.45, 2.75) is 122 Å². The zero-order valence-electron chi connectivity index (χ0n) is 22.8. The Balaban J connectivity index is 2.46. The Bertz CT molecular complexity index is 856. The monoisotopic (exact) mass is 514 g/mol. The van der Waals surface area contributed by atoms with Crippen molar-refractivity contribution in [3.05, 3.63) is 17.7 Å². The molecule has 0 bridgehead atoms. The molecule has 5 atom stereocenters. The van der Waals surface area contributed by atoms with E-state index in [4.69, 9.17) is 13.6 Å². The summed E-state index contributed by atoms with van der Waals surface area (Å²) in [5.41, 5.74) is 0.827. The van der Waals surface area contributed by atoms with Crippen molar-refractivity contribution < 1.29 is 34.0 Å². The Morgan fingerprint density at radius 3 is 1.82 bits per heavy atom. The molecule has 4 N–H and O–H groups in total. The summed E-state index contributed by atoms with van der Waals surface area (Å²) < 4.78 is 19.3. The van der Waals surface area contributed by atoms with E-state index in [0.29, 0.717) is 23.7 Å². The quantitative estimate of drug-likeness (QED) is 0.385. The third-order valence-electron chi connectivity index (χ3n) is 7.72. The van der Waals surface area contributed by atoms with Gasteiger partial charge in [0, 0.05) is 18.1 Å². The smallest absolute Gasteiger partial charge is 0.250 e. The van der Waals surface area contributed by atoms with E-state index in [-0.39, 0.29) is 10.1 Å². The molecule has 7 nitrogen and oxygen atoms in total. The normalized spacial score (nSPS) is 20.7. The summed E-state index contributed by atoms with van der Waals surface area (Å²) in [5, 5.41) is 40.7. The molecule has 1 heterocycles. The van der Waals surface area contributed by atoms with Crippen LogP contribution < -0.4 is 13.6 Å². The predicted octanol–water partition coefficient (Wildman–Crippen LogP) is 4.22. The molecule has 0 saturated carbocycles. The fraction of sp³-hybridized carbons (Fsp3) is 0.760. The molecule has 34 heavy (non-hydrogen) atoms. The van der Waals surface area contributed by atoms with Gasteiger partial charge in [-0.2, -0.15) is 0 Å². The minimum atomic E-state index is -2.22. The predicted molar refractivity (Wildman–Crippen MR) is 140 cm³/mol. The maximum Gasteiger partial charge on any atom is 0.250 e. The zero-order valence-corrected chi connectivity index (χ0v) is 24.8. The zero-order chi connectivity index (χ0) is 26.4. The highest BCUT2D eigenvalue weighted by molar-refractivity contribution is 6.75. The Morgan fingerprint density at radius 2 is 1.35 bits per heavy atom. The molecule has 0 aliphatic carbocycles. The van der Waals surface area contributed by atoms with Gasteiger partial charge in [-0.05, 0) is 49.3 Å². The van der Waals surface area contributed by atoms with Gasteiger partial charge in [-0.25, -0.2) is 0 Å². The van der Waals surface area contributed by atoms with Crippen LogP contribution in [0.5, 0.6) is 17.2 Å². The first-order valence-electron chi connectivity index (χ1n) is 12.1. The highest BCUT2D eigenvalue weighted by Crippen LogP contribution is 2.47. The molecule has 1 aliphatic heterocycles. The summed E-state index contributed by atoms with van der Waals surface area (Å²) in [7, 11) is -4.34. The second-order valence-electron chi connectivity index (χ2n) is 12.7. The number of hydrogen-bond donors (Lipinski definition) is 4. The minimum Gasteiger partial charge on any atom is -0.543 e. The molecule has 0 amide bonds. The van der Waals surface area contributed by atoms with E-state index >= 15 is 0 Å². The highest BCUT2D eigenvalue weighted by Gasteiger charge is 2.44. The Morgan fingerprint density at radius 1 is 0.853 bits per heavy atom. The SMILES string of the molecule is CC(O)C(O)C(O)C(O)C1Cc2cc(O[Si](C)(C)C(C)(C)C)cc(O[Si](C)(C)C(C)(C)C)c2O1. The van der Waals surface area contributed by atoms with Gasteiger partial charge in [0.25, 0.3) is 8.32 Å². The average molecular weight is 515 g/mol. The van der Waals surface area contributed by atoms with Gasteiger partial charge < -0.3 is 34.0 Å². The summed E-state index contributed by atoms with van der Waals surface area (Å²) in [6.07, 6.45) is -6.07. The lowest BCUT2D eigenvalue weighted by atomic mass is 9.97. The molecule has 2 rings (SSSR count). The topological polar surface area (TPSA) is 109 Å². The molecule has 5 unspecified atom stereocenters. The maximum atomic E-state index is 10.7. The molecule has 1 aliphatic rings. The number of hydrogen-bond acceptors (Lipinski definition) is 7. The average Bonchev–Trinajstić information content (AvgIpc) is 3.08. The largest absolute Gasteiger partial charge is 0.543 e. The van der Waals surface area contributed by atoms with Gasteiger partial charge in [-0.3, -0.25) is 0 Å². The van der Waals surface area contributed by atoms with Crippen LogP contribution in [0.1, 0.15) is 54.0 Å². The molecule has 0 aromatic heterocycles. The van der Waals surface area contributed by atoms with Crippen molar-refractivity contribution >= 4 is 16.6 Å². The van der Waals surface area contributed by atoms with Crippen LogP contribution in [0.3, 0.4) is 0 Å². The number of benzene rings is 1. The van der Waals surface area contributed by atoms with E-state index in [1.165, 1.54) is 6.92 Å². The lowest BCUT2D eigenvalue weighted by Gasteiger charge is -2.38. The number of aliphatic hydroxyl groups is 4. The molecule has 1 aromatic carbocycles. The lowest BCUT2D eigenvalue weighted by molar-refractivity contribution is -0.123. The second-order valence-corrected chi connectivity index (χ2v) is 22.2. The third kappa shape index (κ3) is 6.17. The number of rotatable bonds is 8. The first-order chi connectivity index (χ1) is 15.2. The van der Waals surface area contributed by atoms with Crippen LogP contribution in [0.4, 0.5) is 0 Å². The van der Waals surface area contributed by atoms with Crippen molar-refractivity contribution in [2.24, 2.45) is 0 Å². The molecule has 196 valence electrons. The van der Waals surface area contributed by atoms with Gasteiger partial charge in [-0.1, -0.05) is 41.5 Å². The van der Waals surface area contributed by atoms with Crippen molar-refractivity contribution in [3.63, 3.8) is 0 Å². The summed E-state index contributed by atoms with van der Waals surface area (Å²) in [6, 6.07) is 3.81. The molecular weight excluding hydrogens is 468 g/mol. The van der Waals surface area contributed by atoms with Gasteiger partial charge in [0.05, 0.1) is 6.10 Å². The molecule has 0 saturated heterocycles. The third-order valence-corrected chi connectivity index (χ3v) is 16.4. The van der Waals surface area contributed by atoms with Crippen LogP contribution in [0.15, 0.2) is 12.1 Å². The molecular formula is C25H46O7Si2. The fourth-order valence-corrected chi connectivity index (χ4v) is 5.26. The highest BCUT2D eigenvalue weighted by atomic mass is 28.4. The summed E-state index contributed by atoms with van der Waals surface area (Å²) in [4.78, 5) is 0. The first kappa shape index (κ1) is 29.1. The van der Waals surface area contributed by atoms with Crippen LogP contribution in [0.25, 0.3) is 0 Å². The number of aliphatic hydroxyl groups excluding tert-OH is 4. The Labute approximate surface area is 207 Å². The molecule has 0 fully saturated rings. The second kappa shape index (κ2) is 9.74. The van der Waals surface area contributed by atoms with E-state index in [1.807, 2.05) is 12.1 Å². The van der Waals surface area contributed by atoms with Crippen LogP contribution >= 0.6 is 0 Å². The van der Waals surface area contributed by atoms with Gasteiger partial charge in [0.2, 0.25) is 8.32 Å². The van der Waals surface area contributed by atoms with E-state index < -0.39 is 47.2 Å². The van der Waals surface area contributed by atoms with E-state index in [0.717, 1.165) is 5.56 Å². The summed E-state index contributed by atoms with van der Waals surface area (Å²) >= 11 is 0. The van der Waals surface area contributed by atoms with E-state index in [2.05, 4.69) is 67.7 Å².